The van der Waals surface area contributed by atoms with Gasteiger partial charge in [-0.25, -0.2) is 4.79 Å². The van der Waals surface area contributed by atoms with E-state index in [1.54, 1.807) is 24.3 Å². The average Bonchev–Trinajstić information content (AvgIpc) is 2.66. The third-order valence-corrected chi connectivity index (χ3v) is 3.96. The molecule has 3 aromatic rings. The largest absolute Gasteiger partial charge is 0.486 e. The first-order valence-electron chi connectivity index (χ1n) is 7.92. The standard InChI is InChI=1S/C19H14O7/c20-18(21)10-25-12-2-3-13-16(8-12)26-9-14(19(13)22)11-1-4-15-17(7-11)24-6-5-23-15/h1-4,7-9H,5-6,10H2,(H,20,21). The van der Waals surface area contributed by atoms with E-state index in [0.29, 0.717) is 52.6 Å². The molecule has 0 bridgehead atoms. The summed E-state index contributed by atoms with van der Waals surface area (Å²) >= 11 is 0. The molecule has 0 unspecified atom stereocenters. The van der Waals surface area contributed by atoms with E-state index in [0.717, 1.165) is 0 Å². The molecule has 0 spiro atoms. The van der Waals surface area contributed by atoms with E-state index in [1.165, 1.54) is 18.4 Å². The number of aliphatic carboxylic acids is 1. The lowest BCUT2D eigenvalue weighted by Gasteiger charge is -2.18. The second kappa shape index (κ2) is 6.44. The first-order chi connectivity index (χ1) is 12.6. The fourth-order valence-electron chi connectivity index (χ4n) is 2.75. The average molecular weight is 354 g/mol. The fourth-order valence-corrected chi connectivity index (χ4v) is 2.75. The fraction of sp³-hybridized carbons (Fsp3) is 0.158. The number of carbonyl (C=O) groups is 1. The van der Waals surface area contributed by atoms with Crippen LogP contribution in [0.15, 0.2) is 51.9 Å². The number of fused-ring (bicyclic) bond motifs is 2. The Labute approximate surface area is 147 Å². The highest BCUT2D eigenvalue weighted by Gasteiger charge is 2.15. The Kier molecular flexibility index (Phi) is 3.96. The van der Waals surface area contributed by atoms with Gasteiger partial charge in [0.15, 0.2) is 23.5 Å². The molecular weight excluding hydrogens is 340 g/mol. The molecule has 4 rings (SSSR count). The summed E-state index contributed by atoms with van der Waals surface area (Å²) in [6, 6.07) is 9.87. The van der Waals surface area contributed by atoms with Crippen LogP contribution in [0.2, 0.25) is 0 Å². The number of carboxylic acid groups (broad SMARTS) is 1. The Hall–Kier alpha value is -3.48. The molecule has 1 N–H and O–H groups in total. The van der Waals surface area contributed by atoms with Gasteiger partial charge in [0, 0.05) is 6.07 Å². The Morgan fingerprint density at radius 1 is 1.08 bits per heavy atom. The van der Waals surface area contributed by atoms with Crippen LogP contribution in [0.5, 0.6) is 17.2 Å². The van der Waals surface area contributed by atoms with E-state index in [2.05, 4.69) is 0 Å². The Bertz CT molecular complexity index is 1050. The number of ether oxygens (including phenoxy) is 3. The monoisotopic (exact) mass is 354 g/mol. The normalized spacial score (nSPS) is 12.8. The van der Waals surface area contributed by atoms with Crippen LogP contribution in [0, 0.1) is 0 Å². The van der Waals surface area contributed by atoms with Gasteiger partial charge in [-0.1, -0.05) is 6.07 Å². The second-order valence-electron chi connectivity index (χ2n) is 5.68. The van der Waals surface area contributed by atoms with Gasteiger partial charge in [-0.05, 0) is 29.8 Å². The molecule has 0 aliphatic carbocycles. The van der Waals surface area contributed by atoms with Crippen molar-refractivity contribution < 1.29 is 28.5 Å². The van der Waals surface area contributed by atoms with E-state index in [1.807, 2.05) is 0 Å². The summed E-state index contributed by atoms with van der Waals surface area (Å²) in [4.78, 5) is 23.4. The molecule has 132 valence electrons. The lowest BCUT2D eigenvalue weighted by molar-refractivity contribution is -0.139. The zero-order valence-corrected chi connectivity index (χ0v) is 13.6. The first-order valence-corrected chi connectivity index (χ1v) is 7.92. The quantitative estimate of drug-likeness (QED) is 0.769. The van der Waals surface area contributed by atoms with Crippen molar-refractivity contribution in [3.63, 3.8) is 0 Å². The van der Waals surface area contributed by atoms with Crippen molar-refractivity contribution in [3.8, 4) is 28.4 Å². The van der Waals surface area contributed by atoms with Crippen molar-refractivity contribution in [1.29, 1.82) is 0 Å². The molecule has 0 fully saturated rings. The predicted octanol–water partition coefficient (Wildman–Crippen LogP) is 2.69. The summed E-state index contributed by atoms with van der Waals surface area (Å²) in [7, 11) is 0. The molecule has 2 aromatic carbocycles. The molecule has 0 saturated carbocycles. The maximum absolute atomic E-state index is 12.8. The van der Waals surface area contributed by atoms with Crippen LogP contribution in [-0.2, 0) is 4.79 Å². The summed E-state index contributed by atoms with van der Waals surface area (Å²) < 4.78 is 21.7. The third-order valence-electron chi connectivity index (χ3n) is 3.96. The SMILES string of the molecule is O=C(O)COc1ccc2c(=O)c(-c3ccc4c(c3)OCCO4)coc2c1. The van der Waals surface area contributed by atoms with E-state index in [-0.39, 0.29) is 5.43 Å². The lowest BCUT2D eigenvalue weighted by Crippen LogP contribution is -2.15. The van der Waals surface area contributed by atoms with Gasteiger partial charge in [-0.3, -0.25) is 4.79 Å². The number of carboxylic acids is 1. The van der Waals surface area contributed by atoms with Crippen LogP contribution >= 0.6 is 0 Å². The highest BCUT2D eigenvalue weighted by atomic mass is 16.6. The maximum atomic E-state index is 12.8. The van der Waals surface area contributed by atoms with Crippen molar-refractivity contribution in [1.82, 2.24) is 0 Å². The van der Waals surface area contributed by atoms with E-state index in [9.17, 15) is 9.59 Å². The van der Waals surface area contributed by atoms with E-state index < -0.39 is 12.6 Å². The Morgan fingerprint density at radius 3 is 2.69 bits per heavy atom. The molecule has 1 aliphatic rings. The van der Waals surface area contributed by atoms with Gasteiger partial charge in [0.2, 0.25) is 0 Å². The van der Waals surface area contributed by atoms with E-state index >= 15 is 0 Å². The highest BCUT2D eigenvalue weighted by Crippen LogP contribution is 2.34. The summed E-state index contributed by atoms with van der Waals surface area (Å²) in [5.41, 5.74) is 1.18. The number of benzene rings is 2. The summed E-state index contributed by atoms with van der Waals surface area (Å²) in [5.74, 6) is 0.465. The van der Waals surface area contributed by atoms with Crippen LogP contribution in [-0.4, -0.2) is 30.9 Å². The summed E-state index contributed by atoms with van der Waals surface area (Å²) in [6.45, 7) is 0.490. The lowest BCUT2D eigenvalue weighted by atomic mass is 10.0. The van der Waals surface area contributed by atoms with Gasteiger partial charge in [0.1, 0.15) is 30.8 Å². The van der Waals surface area contributed by atoms with Crippen molar-refractivity contribution >= 4 is 16.9 Å². The zero-order chi connectivity index (χ0) is 18.1. The maximum Gasteiger partial charge on any atom is 0.341 e. The van der Waals surface area contributed by atoms with Crippen LogP contribution in [0.3, 0.4) is 0 Å². The molecule has 1 aliphatic heterocycles. The van der Waals surface area contributed by atoms with Crippen LogP contribution in [0.4, 0.5) is 0 Å². The number of rotatable bonds is 4. The van der Waals surface area contributed by atoms with Crippen molar-refractivity contribution in [2.75, 3.05) is 19.8 Å². The minimum atomic E-state index is -1.08. The van der Waals surface area contributed by atoms with Gasteiger partial charge in [-0.15, -0.1) is 0 Å². The van der Waals surface area contributed by atoms with Gasteiger partial charge >= 0.3 is 5.97 Å². The molecule has 1 aromatic heterocycles. The van der Waals surface area contributed by atoms with Gasteiger partial charge in [-0.2, -0.15) is 0 Å². The molecule has 0 atom stereocenters. The number of hydrogen-bond donors (Lipinski definition) is 1. The van der Waals surface area contributed by atoms with E-state index in [4.69, 9.17) is 23.7 Å². The minimum Gasteiger partial charge on any atom is -0.486 e. The Morgan fingerprint density at radius 2 is 1.88 bits per heavy atom. The van der Waals surface area contributed by atoms with Crippen molar-refractivity contribution in [3.05, 3.63) is 52.9 Å². The zero-order valence-electron chi connectivity index (χ0n) is 13.6. The smallest absolute Gasteiger partial charge is 0.341 e. The highest BCUT2D eigenvalue weighted by molar-refractivity contribution is 5.83. The third kappa shape index (κ3) is 2.95. The van der Waals surface area contributed by atoms with Crippen LogP contribution < -0.4 is 19.6 Å². The summed E-state index contributed by atoms with van der Waals surface area (Å²) in [6.07, 6.45) is 1.37. The topological polar surface area (TPSA) is 95.2 Å². The number of hydrogen-bond acceptors (Lipinski definition) is 6. The van der Waals surface area contributed by atoms with Crippen molar-refractivity contribution in [2.45, 2.75) is 0 Å². The van der Waals surface area contributed by atoms with Crippen LogP contribution in [0.25, 0.3) is 22.1 Å². The molecule has 7 heteroatoms. The van der Waals surface area contributed by atoms with Crippen molar-refractivity contribution in [2.24, 2.45) is 0 Å². The molecule has 0 saturated heterocycles. The Balaban J connectivity index is 1.73. The molecule has 0 amide bonds. The van der Waals surface area contributed by atoms with Gasteiger partial charge in [0.25, 0.3) is 0 Å². The van der Waals surface area contributed by atoms with Gasteiger partial charge in [0.05, 0.1) is 10.9 Å². The van der Waals surface area contributed by atoms with Crippen LogP contribution in [0.1, 0.15) is 0 Å². The second-order valence-corrected chi connectivity index (χ2v) is 5.68. The molecule has 2 heterocycles. The van der Waals surface area contributed by atoms with Gasteiger partial charge < -0.3 is 23.7 Å². The molecular formula is C19H14O7. The minimum absolute atomic E-state index is 0.201. The molecule has 26 heavy (non-hydrogen) atoms. The summed E-state index contributed by atoms with van der Waals surface area (Å²) in [5, 5.41) is 9.04. The first kappa shape index (κ1) is 16.0. The predicted molar refractivity (Wildman–Crippen MR) is 92.0 cm³/mol. The molecule has 0 radical (unpaired) electrons. The molecule has 7 nitrogen and oxygen atoms in total.